The molecule has 2 nitrogen and oxygen atoms in total. The van der Waals surface area contributed by atoms with Crippen molar-refractivity contribution in [2.24, 2.45) is 5.73 Å². The fourth-order valence-corrected chi connectivity index (χ4v) is 1.38. The van der Waals surface area contributed by atoms with E-state index in [1.165, 1.54) is 12.1 Å². The summed E-state index contributed by atoms with van der Waals surface area (Å²) >= 11 is 4.87. The van der Waals surface area contributed by atoms with Gasteiger partial charge in [0.1, 0.15) is 10.8 Å². The molecule has 1 rings (SSSR count). The molecule has 0 saturated heterocycles. The Morgan fingerprint density at radius 2 is 2.20 bits per heavy atom. The van der Waals surface area contributed by atoms with E-state index >= 15 is 0 Å². The van der Waals surface area contributed by atoms with E-state index in [4.69, 9.17) is 22.7 Å². The van der Waals surface area contributed by atoms with Gasteiger partial charge in [0.25, 0.3) is 0 Å². The van der Waals surface area contributed by atoms with Crippen molar-refractivity contribution < 1.29 is 9.13 Å². The van der Waals surface area contributed by atoms with Crippen LogP contribution in [0.5, 0.6) is 0 Å². The van der Waals surface area contributed by atoms with Gasteiger partial charge in [-0.3, -0.25) is 0 Å². The Bertz CT molecular complexity index is 366. The van der Waals surface area contributed by atoms with E-state index in [2.05, 4.69) is 0 Å². The second-order valence-electron chi connectivity index (χ2n) is 3.53. The average molecular weight is 227 g/mol. The number of hydrogen-bond donors (Lipinski definition) is 1. The lowest BCUT2D eigenvalue weighted by Gasteiger charge is -2.11. The molecule has 0 bridgehead atoms. The molecule has 0 unspecified atom stereocenters. The zero-order valence-corrected chi connectivity index (χ0v) is 9.60. The Balaban J connectivity index is 2.92. The maximum Gasteiger partial charge on any atom is 0.123 e. The first kappa shape index (κ1) is 12.1. The molecule has 0 saturated carbocycles. The fraction of sp³-hybridized carbons (Fsp3) is 0.364. The van der Waals surface area contributed by atoms with E-state index in [0.717, 1.165) is 0 Å². The zero-order valence-electron chi connectivity index (χ0n) is 8.79. The molecule has 0 spiro atoms. The van der Waals surface area contributed by atoms with Crippen molar-refractivity contribution in [3.63, 3.8) is 0 Å². The first-order valence-corrected chi connectivity index (χ1v) is 5.11. The normalized spacial score (nSPS) is 10.7. The number of benzene rings is 1. The predicted molar refractivity (Wildman–Crippen MR) is 62.2 cm³/mol. The lowest BCUT2D eigenvalue weighted by molar-refractivity contribution is 0.0655. The number of ether oxygens (including phenoxy) is 1. The second-order valence-corrected chi connectivity index (χ2v) is 3.97. The highest BCUT2D eigenvalue weighted by Gasteiger charge is 2.07. The van der Waals surface area contributed by atoms with Crippen LogP contribution < -0.4 is 5.73 Å². The summed E-state index contributed by atoms with van der Waals surface area (Å²) in [5, 5.41) is 0. The molecule has 0 atom stereocenters. The summed E-state index contributed by atoms with van der Waals surface area (Å²) in [6, 6.07) is 4.32. The molecular formula is C11H14FNOS. The standard InChI is InChI=1S/C11H14FNOS/c1-7(2)14-6-8-5-9(12)3-4-10(8)11(13)15/h3-5,7H,6H2,1-2H3,(H2,13,15). The second kappa shape index (κ2) is 5.19. The molecule has 15 heavy (non-hydrogen) atoms. The van der Waals surface area contributed by atoms with Crippen molar-refractivity contribution in [2.75, 3.05) is 0 Å². The third-order valence-electron chi connectivity index (χ3n) is 1.90. The first-order chi connectivity index (χ1) is 7.00. The highest BCUT2D eigenvalue weighted by molar-refractivity contribution is 7.80. The molecule has 0 aliphatic rings. The van der Waals surface area contributed by atoms with Crippen LogP contribution in [0.3, 0.4) is 0 Å². The van der Waals surface area contributed by atoms with Crippen molar-refractivity contribution in [1.29, 1.82) is 0 Å². The molecule has 4 heteroatoms. The minimum Gasteiger partial charge on any atom is -0.389 e. The number of halogens is 1. The molecule has 0 aromatic heterocycles. The number of thiocarbonyl (C=S) groups is 1. The van der Waals surface area contributed by atoms with Crippen LogP contribution in [0.15, 0.2) is 18.2 Å². The SMILES string of the molecule is CC(C)OCc1cc(F)ccc1C(N)=S. The van der Waals surface area contributed by atoms with Crippen molar-refractivity contribution >= 4 is 17.2 Å². The molecule has 82 valence electrons. The summed E-state index contributed by atoms with van der Waals surface area (Å²) < 4.78 is 18.4. The Morgan fingerprint density at radius 1 is 1.53 bits per heavy atom. The van der Waals surface area contributed by atoms with Crippen LogP contribution in [0.4, 0.5) is 4.39 Å². The maximum atomic E-state index is 13.0. The Labute approximate surface area is 94.2 Å². The van der Waals surface area contributed by atoms with E-state index in [9.17, 15) is 4.39 Å². The summed E-state index contributed by atoms with van der Waals surface area (Å²) in [5.41, 5.74) is 6.89. The summed E-state index contributed by atoms with van der Waals surface area (Å²) in [4.78, 5) is 0.261. The monoisotopic (exact) mass is 227 g/mol. The summed E-state index contributed by atoms with van der Waals surface area (Å²) in [6.07, 6.45) is 0.0902. The molecule has 0 amide bonds. The highest BCUT2D eigenvalue weighted by atomic mass is 32.1. The van der Waals surface area contributed by atoms with E-state index < -0.39 is 0 Å². The molecule has 0 radical (unpaired) electrons. The van der Waals surface area contributed by atoms with Gasteiger partial charge in [-0.05, 0) is 37.6 Å². The van der Waals surface area contributed by atoms with Crippen LogP contribution in [0.25, 0.3) is 0 Å². The van der Waals surface area contributed by atoms with Gasteiger partial charge >= 0.3 is 0 Å². The molecular weight excluding hydrogens is 213 g/mol. The van der Waals surface area contributed by atoms with Gasteiger partial charge in [0.2, 0.25) is 0 Å². The third kappa shape index (κ3) is 3.57. The predicted octanol–water partition coefficient (Wildman–Crippen LogP) is 2.38. The topological polar surface area (TPSA) is 35.2 Å². The largest absolute Gasteiger partial charge is 0.389 e. The Hall–Kier alpha value is -1.00. The van der Waals surface area contributed by atoms with E-state index in [-0.39, 0.29) is 16.9 Å². The quantitative estimate of drug-likeness (QED) is 0.802. The van der Waals surface area contributed by atoms with Gasteiger partial charge in [-0.15, -0.1) is 0 Å². The zero-order chi connectivity index (χ0) is 11.4. The average Bonchev–Trinajstić information content (AvgIpc) is 2.14. The molecule has 2 N–H and O–H groups in total. The van der Waals surface area contributed by atoms with Crippen LogP contribution in [0.1, 0.15) is 25.0 Å². The van der Waals surface area contributed by atoms with Crippen molar-refractivity contribution in [3.05, 3.63) is 35.1 Å². The van der Waals surface area contributed by atoms with Crippen LogP contribution in [-0.4, -0.2) is 11.1 Å². The number of nitrogens with two attached hydrogens (primary N) is 1. The minimum absolute atomic E-state index is 0.0902. The smallest absolute Gasteiger partial charge is 0.123 e. The van der Waals surface area contributed by atoms with Crippen molar-refractivity contribution in [3.8, 4) is 0 Å². The fourth-order valence-electron chi connectivity index (χ4n) is 1.18. The molecule has 0 aliphatic heterocycles. The van der Waals surface area contributed by atoms with Gasteiger partial charge in [0.15, 0.2) is 0 Å². The minimum atomic E-state index is -0.308. The van der Waals surface area contributed by atoms with Crippen molar-refractivity contribution in [2.45, 2.75) is 26.6 Å². The van der Waals surface area contributed by atoms with Crippen LogP contribution >= 0.6 is 12.2 Å². The van der Waals surface area contributed by atoms with Gasteiger partial charge in [-0.25, -0.2) is 4.39 Å². The summed E-state index contributed by atoms with van der Waals surface area (Å²) in [7, 11) is 0. The van der Waals surface area contributed by atoms with Crippen LogP contribution in [-0.2, 0) is 11.3 Å². The van der Waals surface area contributed by atoms with Crippen LogP contribution in [0.2, 0.25) is 0 Å². The lowest BCUT2D eigenvalue weighted by Crippen LogP contribution is -2.14. The Kier molecular flexibility index (Phi) is 4.17. The molecule has 0 heterocycles. The van der Waals surface area contributed by atoms with E-state index in [1.54, 1.807) is 6.07 Å². The third-order valence-corrected chi connectivity index (χ3v) is 2.12. The van der Waals surface area contributed by atoms with E-state index in [1.807, 2.05) is 13.8 Å². The number of rotatable bonds is 4. The lowest BCUT2D eigenvalue weighted by atomic mass is 10.1. The first-order valence-electron chi connectivity index (χ1n) is 4.70. The van der Waals surface area contributed by atoms with Crippen molar-refractivity contribution in [1.82, 2.24) is 0 Å². The van der Waals surface area contributed by atoms with Gasteiger partial charge in [-0.1, -0.05) is 12.2 Å². The molecule has 0 aliphatic carbocycles. The van der Waals surface area contributed by atoms with Crippen LogP contribution in [0, 0.1) is 5.82 Å². The van der Waals surface area contributed by atoms with Gasteiger partial charge < -0.3 is 10.5 Å². The number of hydrogen-bond acceptors (Lipinski definition) is 2. The molecule has 0 fully saturated rings. The van der Waals surface area contributed by atoms with Gasteiger partial charge in [0, 0.05) is 5.56 Å². The summed E-state index contributed by atoms with van der Waals surface area (Å²) in [5.74, 6) is -0.308. The van der Waals surface area contributed by atoms with E-state index in [0.29, 0.717) is 17.7 Å². The summed E-state index contributed by atoms with van der Waals surface area (Å²) in [6.45, 7) is 4.15. The molecule has 1 aromatic rings. The van der Waals surface area contributed by atoms with Gasteiger partial charge in [-0.2, -0.15) is 0 Å². The van der Waals surface area contributed by atoms with Gasteiger partial charge in [0.05, 0.1) is 12.7 Å². The maximum absolute atomic E-state index is 13.0. The highest BCUT2D eigenvalue weighted by Crippen LogP contribution is 2.13. The Morgan fingerprint density at radius 3 is 2.73 bits per heavy atom. The molecule has 1 aromatic carbocycles.